The Morgan fingerprint density at radius 3 is 2.75 bits per heavy atom. The van der Waals surface area contributed by atoms with Crippen LogP contribution in [0.3, 0.4) is 0 Å². The summed E-state index contributed by atoms with van der Waals surface area (Å²) in [4.78, 5) is 38.6. The minimum Gasteiger partial charge on any atom is -0.337 e. The Bertz CT molecular complexity index is 1110. The van der Waals surface area contributed by atoms with Gasteiger partial charge in [-0.25, -0.2) is 4.98 Å². The highest BCUT2D eigenvalue weighted by Crippen LogP contribution is 2.27. The molecule has 1 fully saturated rings. The maximum atomic E-state index is 13.4. The van der Waals surface area contributed by atoms with E-state index in [2.05, 4.69) is 16.5 Å². The quantitative estimate of drug-likeness (QED) is 0.565. The van der Waals surface area contributed by atoms with Crippen LogP contribution < -0.4 is 0 Å². The Morgan fingerprint density at radius 1 is 1.19 bits per heavy atom. The van der Waals surface area contributed by atoms with Crippen molar-refractivity contribution in [2.75, 3.05) is 26.2 Å². The number of aryl methyl sites for hydroxylation is 1. The van der Waals surface area contributed by atoms with E-state index in [0.717, 1.165) is 16.7 Å². The van der Waals surface area contributed by atoms with Crippen LogP contribution in [0, 0.1) is 5.92 Å². The molecule has 3 aromatic rings. The predicted molar refractivity (Wildman–Crippen MR) is 123 cm³/mol. The summed E-state index contributed by atoms with van der Waals surface area (Å²) in [7, 11) is 1.80. The lowest BCUT2D eigenvalue weighted by molar-refractivity contribution is -0.134. The molecule has 4 rings (SSSR count). The Hall–Kier alpha value is -3.74. The van der Waals surface area contributed by atoms with E-state index in [1.807, 2.05) is 42.6 Å². The standard InChI is InChI=1S/C25H27N5O2/c1-3-12-29-14-15-30(25(32)23-27-11-13-28(23)2)18-21(24(29)31)16-19-7-4-5-9-22(19)20-8-6-10-26-17-20/h3-11,13,17,21H,1,12,14-16,18H2,2H3/t21-/m1/s1. The van der Waals surface area contributed by atoms with Gasteiger partial charge in [-0.2, -0.15) is 0 Å². The summed E-state index contributed by atoms with van der Waals surface area (Å²) in [6.07, 6.45) is 9.20. The third-order valence-electron chi connectivity index (χ3n) is 5.85. The number of aromatic nitrogens is 3. The first-order chi connectivity index (χ1) is 15.6. The van der Waals surface area contributed by atoms with E-state index in [0.29, 0.717) is 38.4 Å². The van der Waals surface area contributed by atoms with E-state index in [1.54, 1.807) is 46.1 Å². The smallest absolute Gasteiger partial charge is 0.289 e. The van der Waals surface area contributed by atoms with E-state index in [4.69, 9.17) is 0 Å². The van der Waals surface area contributed by atoms with Crippen LogP contribution in [0.4, 0.5) is 0 Å². The first-order valence-electron chi connectivity index (χ1n) is 10.7. The lowest BCUT2D eigenvalue weighted by atomic mass is 9.91. The molecule has 7 nitrogen and oxygen atoms in total. The lowest BCUT2D eigenvalue weighted by Crippen LogP contribution is -2.38. The second-order valence-corrected chi connectivity index (χ2v) is 7.99. The lowest BCUT2D eigenvalue weighted by Gasteiger charge is -2.24. The monoisotopic (exact) mass is 429 g/mol. The van der Waals surface area contributed by atoms with Gasteiger partial charge < -0.3 is 14.4 Å². The highest BCUT2D eigenvalue weighted by atomic mass is 16.2. The number of carbonyl (C=O) groups is 2. The second kappa shape index (κ2) is 9.60. The maximum absolute atomic E-state index is 13.4. The summed E-state index contributed by atoms with van der Waals surface area (Å²) >= 11 is 0. The Kier molecular flexibility index (Phi) is 6.44. The number of benzene rings is 1. The summed E-state index contributed by atoms with van der Waals surface area (Å²) in [5.74, 6) is -0.0963. The number of hydrogen-bond donors (Lipinski definition) is 0. The van der Waals surface area contributed by atoms with Gasteiger partial charge in [0, 0.05) is 63.6 Å². The van der Waals surface area contributed by atoms with Gasteiger partial charge in [0.25, 0.3) is 5.91 Å². The normalized spacial score (nSPS) is 16.7. The maximum Gasteiger partial charge on any atom is 0.289 e. The van der Waals surface area contributed by atoms with Gasteiger partial charge in [0.05, 0.1) is 5.92 Å². The first-order valence-corrected chi connectivity index (χ1v) is 10.7. The summed E-state index contributed by atoms with van der Waals surface area (Å²) in [6, 6.07) is 12.0. The third kappa shape index (κ3) is 4.46. The molecule has 0 saturated carbocycles. The summed E-state index contributed by atoms with van der Waals surface area (Å²) < 4.78 is 1.71. The van der Waals surface area contributed by atoms with Crippen molar-refractivity contribution in [3.63, 3.8) is 0 Å². The van der Waals surface area contributed by atoms with Crippen LogP contribution in [0.5, 0.6) is 0 Å². The molecule has 7 heteroatoms. The molecule has 1 aliphatic rings. The molecule has 164 valence electrons. The van der Waals surface area contributed by atoms with Gasteiger partial charge in [-0.1, -0.05) is 36.4 Å². The van der Waals surface area contributed by atoms with E-state index >= 15 is 0 Å². The van der Waals surface area contributed by atoms with Gasteiger partial charge in [-0.05, 0) is 23.6 Å². The molecule has 0 N–H and O–H groups in total. The number of carbonyl (C=O) groups excluding carboxylic acids is 2. The van der Waals surface area contributed by atoms with Gasteiger partial charge in [0.2, 0.25) is 5.91 Å². The van der Waals surface area contributed by atoms with Gasteiger partial charge >= 0.3 is 0 Å². The molecule has 1 atom stereocenters. The SMILES string of the molecule is C=CCN1CCN(C(=O)c2nccn2C)C[C@@H](Cc2ccccc2-c2cccnc2)C1=O. The Balaban J connectivity index is 1.65. The zero-order valence-electron chi connectivity index (χ0n) is 18.2. The van der Waals surface area contributed by atoms with Gasteiger partial charge in [-0.3, -0.25) is 14.6 Å². The van der Waals surface area contributed by atoms with Gasteiger partial charge in [-0.15, -0.1) is 6.58 Å². The van der Waals surface area contributed by atoms with Crippen molar-refractivity contribution in [3.05, 3.63) is 85.2 Å². The highest BCUT2D eigenvalue weighted by molar-refractivity contribution is 5.92. The van der Waals surface area contributed by atoms with Gasteiger partial charge in [0.1, 0.15) is 0 Å². The average Bonchev–Trinajstić information content (AvgIpc) is 3.19. The molecule has 1 aromatic carbocycles. The first kappa shape index (κ1) is 21.5. The highest BCUT2D eigenvalue weighted by Gasteiger charge is 2.33. The largest absolute Gasteiger partial charge is 0.337 e. The molecule has 32 heavy (non-hydrogen) atoms. The fourth-order valence-electron chi connectivity index (χ4n) is 4.20. The molecular weight excluding hydrogens is 402 g/mol. The Morgan fingerprint density at radius 2 is 2.03 bits per heavy atom. The summed E-state index contributed by atoms with van der Waals surface area (Å²) in [5, 5.41) is 0. The number of nitrogens with zero attached hydrogens (tertiary/aromatic N) is 5. The van der Waals surface area contributed by atoms with Crippen molar-refractivity contribution < 1.29 is 9.59 Å². The number of rotatable bonds is 6. The third-order valence-corrected chi connectivity index (χ3v) is 5.85. The number of imidazole rings is 1. The van der Waals surface area contributed by atoms with Crippen molar-refractivity contribution in [1.82, 2.24) is 24.3 Å². The zero-order chi connectivity index (χ0) is 22.5. The number of amides is 2. The summed E-state index contributed by atoms with van der Waals surface area (Å²) in [6.45, 7) is 5.54. The molecule has 0 spiro atoms. The fraction of sp³-hybridized carbons (Fsp3) is 0.280. The van der Waals surface area contributed by atoms with Gasteiger partial charge in [0.15, 0.2) is 5.82 Å². The zero-order valence-corrected chi connectivity index (χ0v) is 18.2. The number of hydrogen-bond acceptors (Lipinski definition) is 4. The molecule has 1 aliphatic heterocycles. The van der Waals surface area contributed by atoms with Crippen LogP contribution in [0.15, 0.2) is 73.8 Å². The van der Waals surface area contributed by atoms with Crippen LogP contribution >= 0.6 is 0 Å². The van der Waals surface area contributed by atoms with Crippen LogP contribution in [0.1, 0.15) is 16.2 Å². The minimum atomic E-state index is -0.362. The average molecular weight is 430 g/mol. The number of pyridine rings is 1. The van der Waals surface area contributed by atoms with Crippen LogP contribution in [0.25, 0.3) is 11.1 Å². The minimum absolute atomic E-state index is 0.0426. The molecule has 2 aromatic heterocycles. The molecule has 1 saturated heterocycles. The van der Waals surface area contributed by atoms with Crippen molar-refractivity contribution in [3.8, 4) is 11.1 Å². The topological polar surface area (TPSA) is 71.3 Å². The van der Waals surface area contributed by atoms with E-state index < -0.39 is 0 Å². The summed E-state index contributed by atoms with van der Waals surface area (Å²) in [5.41, 5.74) is 3.12. The second-order valence-electron chi connectivity index (χ2n) is 7.99. The molecule has 0 aliphatic carbocycles. The van der Waals surface area contributed by atoms with Crippen LogP contribution in [-0.4, -0.2) is 62.3 Å². The molecule has 0 unspecified atom stereocenters. The van der Waals surface area contributed by atoms with Crippen LogP contribution in [0.2, 0.25) is 0 Å². The van der Waals surface area contributed by atoms with E-state index in [-0.39, 0.29) is 17.7 Å². The molecular formula is C25H27N5O2. The van der Waals surface area contributed by atoms with Crippen molar-refractivity contribution in [2.24, 2.45) is 13.0 Å². The Labute approximate surface area is 188 Å². The van der Waals surface area contributed by atoms with Crippen LogP contribution in [-0.2, 0) is 18.3 Å². The van der Waals surface area contributed by atoms with Crippen molar-refractivity contribution in [1.29, 1.82) is 0 Å². The van der Waals surface area contributed by atoms with Crippen molar-refractivity contribution >= 4 is 11.8 Å². The molecule has 0 bridgehead atoms. The fourth-order valence-corrected chi connectivity index (χ4v) is 4.20. The molecule has 3 heterocycles. The van der Waals surface area contributed by atoms with E-state index in [9.17, 15) is 9.59 Å². The van der Waals surface area contributed by atoms with E-state index in [1.165, 1.54) is 0 Å². The molecule has 0 radical (unpaired) electrons. The molecule has 2 amide bonds. The van der Waals surface area contributed by atoms with Crippen molar-refractivity contribution in [2.45, 2.75) is 6.42 Å². The predicted octanol–water partition coefficient (Wildman–Crippen LogP) is 2.81.